The molecule has 2 aromatic carbocycles. The first-order valence-corrected chi connectivity index (χ1v) is 7.49. The zero-order valence-corrected chi connectivity index (χ0v) is 14.2. The van der Waals surface area contributed by atoms with Gasteiger partial charge in [0.05, 0.1) is 19.8 Å². The second kappa shape index (κ2) is 8.01. The van der Waals surface area contributed by atoms with Gasteiger partial charge in [-0.1, -0.05) is 12.1 Å². The maximum Gasteiger partial charge on any atom is 0.335 e. The van der Waals surface area contributed by atoms with Crippen molar-refractivity contribution in [3.05, 3.63) is 59.2 Å². The second-order valence-electron chi connectivity index (χ2n) is 5.28. The summed E-state index contributed by atoms with van der Waals surface area (Å²) in [6.07, 6.45) is 1.68. The van der Waals surface area contributed by atoms with Crippen molar-refractivity contribution in [3.8, 4) is 11.5 Å². The van der Waals surface area contributed by atoms with E-state index in [9.17, 15) is 9.59 Å². The van der Waals surface area contributed by atoms with Crippen LogP contribution in [-0.4, -0.2) is 31.2 Å². The number of nitrogens with one attached hydrogen (secondary N) is 1. The Morgan fingerprint density at radius 3 is 2.20 bits per heavy atom. The predicted molar refractivity (Wildman–Crippen MR) is 95.2 cm³/mol. The second-order valence-corrected chi connectivity index (χ2v) is 5.28. The van der Waals surface area contributed by atoms with Crippen molar-refractivity contribution in [2.45, 2.75) is 6.92 Å². The zero-order chi connectivity index (χ0) is 18.4. The van der Waals surface area contributed by atoms with Gasteiger partial charge in [0.25, 0.3) is 5.91 Å². The molecular formula is C19H19NO5. The number of amides is 1. The Morgan fingerprint density at radius 1 is 1.00 bits per heavy atom. The highest BCUT2D eigenvalue weighted by Crippen LogP contribution is 2.29. The van der Waals surface area contributed by atoms with Crippen molar-refractivity contribution in [1.82, 2.24) is 0 Å². The molecule has 0 saturated heterocycles. The highest BCUT2D eigenvalue weighted by Gasteiger charge is 2.09. The van der Waals surface area contributed by atoms with Crippen molar-refractivity contribution in [2.75, 3.05) is 19.5 Å². The Balaban J connectivity index is 2.13. The van der Waals surface area contributed by atoms with Gasteiger partial charge in [-0.2, -0.15) is 0 Å². The van der Waals surface area contributed by atoms with E-state index in [1.165, 1.54) is 19.2 Å². The number of hydrogen-bond acceptors (Lipinski definition) is 4. The van der Waals surface area contributed by atoms with Gasteiger partial charge in [0, 0.05) is 17.3 Å². The number of carbonyl (C=O) groups excluding carboxylic acids is 1. The summed E-state index contributed by atoms with van der Waals surface area (Å²) in [6.45, 7) is 1.68. The number of carbonyl (C=O) groups is 2. The molecule has 0 unspecified atom stereocenters. The SMILES string of the molecule is COc1ccc(NC(=O)C(C)=Cc2ccc(C(=O)O)cc2)cc1OC. The molecule has 0 atom stereocenters. The molecule has 0 aliphatic carbocycles. The van der Waals surface area contributed by atoms with Gasteiger partial charge in [0.15, 0.2) is 11.5 Å². The lowest BCUT2D eigenvalue weighted by atomic mass is 10.1. The lowest BCUT2D eigenvalue weighted by Crippen LogP contribution is -2.12. The fourth-order valence-electron chi connectivity index (χ4n) is 2.18. The summed E-state index contributed by atoms with van der Waals surface area (Å²) in [4.78, 5) is 23.1. The third-order valence-corrected chi connectivity index (χ3v) is 3.54. The summed E-state index contributed by atoms with van der Waals surface area (Å²) in [7, 11) is 3.06. The van der Waals surface area contributed by atoms with E-state index in [4.69, 9.17) is 14.6 Å². The molecule has 0 saturated carbocycles. The van der Waals surface area contributed by atoms with Gasteiger partial charge in [-0.05, 0) is 42.8 Å². The third-order valence-electron chi connectivity index (χ3n) is 3.54. The van der Waals surface area contributed by atoms with E-state index in [0.29, 0.717) is 22.8 Å². The van der Waals surface area contributed by atoms with E-state index in [0.717, 1.165) is 5.56 Å². The minimum absolute atomic E-state index is 0.199. The molecule has 0 bridgehead atoms. The van der Waals surface area contributed by atoms with Gasteiger partial charge < -0.3 is 19.9 Å². The van der Waals surface area contributed by atoms with Crippen LogP contribution < -0.4 is 14.8 Å². The van der Waals surface area contributed by atoms with Crippen molar-refractivity contribution in [2.24, 2.45) is 0 Å². The molecule has 0 aliphatic rings. The number of rotatable bonds is 6. The van der Waals surface area contributed by atoms with E-state index in [2.05, 4.69) is 5.32 Å². The standard InChI is InChI=1S/C19H19NO5/c1-12(10-13-4-6-14(7-5-13)19(22)23)18(21)20-15-8-9-16(24-2)17(11-15)25-3/h4-11H,1-3H3,(H,20,21)(H,22,23). The molecule has 1 amide bonds. The summed E-state index contributed by atoms with van der Waals surface area (Å²) in [6, 6.07) is 11.4. The number of benzene rings is 2. The Labute approximate surface area is 145 Å². The van der Waals surface area contributed by atoms with Crippen LogP contribution in [0, 0.1) is 0 Å². The van der Waals surface area contributed by atoms with E-state index in [1.807, 2.05) is 0 Å². The molecule has 25 heavy (non-hydrogen) atoms. The summed E-state index contributed by atoms with van der Waals surface area (Å²) in [5, 5.41) is 11.7. The van der Waals surface area contributed by atoms with Crippen LogP contribution >= 0.6 is 0 Å². The van der Waals surface area contributed by atoms with Crippen LogP contribution in [0.4, 0.5) is 5.69 Å². The highest BCUT2D eigenvalue weighted by molar-refractivity contribution is 6.06. The Kier molecular flexibility index (Phi) is 5.79. The van der Waals surface area contributed by atoms with E-state index < -0.39 is 5.97 Å². The molecule has 0 radical (unpaired) electrons. The number of aromatic carboxylic acids is 1. The van der Waals surface area contributed by atoms with Crippen LogP contribution in [0.1, 0.15) is 22.8 Å². The summed E-state index contributed by atoms with van der Waals surface area (Å²) in [5.41, 5.74) is 2.00. The summed E-state index contributed by atoms with van der Waals surface area (Å²) < 4.78 is 10.4. The number of hydrogen-bond donors (Lipinski definition) is 2. The molecule has 0 heterocycles. The van der Waals surface area contributed by atoms with Crippen molar-refractivity contribution >= 4 is 23.6 Å². The topological polar surface area (TPSA) is 84.9 Å². The van der Waals surface area contributed by atoms with Gasteiger partial charge in [-0.3, -0.25) is 4.79 Å². The highest BCUT2D eigenvalue weighted by atomic mass is 16.5. The molecule has 0 aliphatic heterocycles. The average molecular weight is 341 g/mol. The van der Waals surface area contributed by atoms with Gasteiger partial charge in [-0.25, -0.2) is 4.79 Å². The fourth-order valence-corrected chi connectivity index (χ4v) is 2.18. The maximum atomic E-state index is 12.3. The van der Waals surface area contributed by atoms with Crippen LogP contribution in [0.15, 0.2) is 48.0 Å². The van der Waals surface area contributed by atoms with Crippen LogP contribution in [0.3, 0.4) is 0 Å². The van der Waals surface area contributed by atoms with Crippen LogP contribution in [0.25, 0.3) is 6.08 Å². The Bertz CT molecular complexity index is 809. The van der Waals surface area contributed by atoms with Gasteiger partial charge in [0.2, 0.25) is 0 Å². The lowest BCUT2D eigenvalue weighted by molar-refractivity contribution is -0.112. The molecule has 2 rings (SSSR count). The average Bonchev–Trinajstić information content (AvgIpc) is 2.61. The number of ether oxygens (including phenoxy) is 2. The number of carboxylic acids is 1. The Hall–Kier alpha value is -3.28. The first kappa shape index (κ1) is 18.1. The van der Waals surface area contributed by atoms with E-state index in [1.54, 1.807) is 50.4 Å². The first-order chi connectivity index (χ1) is 11.9. The molecule has 0 spiro atoms. The van der Waals surface area contributed by atoms with Crippen LogP contribution in [0.5, 0.6) is 11.5 Å². The Morgan fingerprint density at radius 2 is 1.64 bits per heavy atom. The van der Waals surface area contributed by atoms with E-state index in [-0.39, 0.29) is 11.5 Å². The monoisotopic (exact) mass is 341 g/mol. The van der Waals surface area contributed by atoms with Crippen LogP contribution in [-0.2, 0) is 4.79 Å². The zero-order valence-electron chi connectivity index (χ0n) is 14.2. The molecule has 0 fully saturated rings. The summed E-state index contributed by atoms with van der Waals surface area (Å²) in [5.74, 6) is -0.162. The van der Waals surface area contributed by atoms with Gasteiger partial charge in [-0.15, -0.1) is 0 Å². The van der Waals surface area contributed by atoms with Crippen LogP contribution in [0.2, 0.25) is 0 Å². The normalized spacial score (nSPS) is 10.9. The largest absolute Gasteiger partial charge is 0.493 e. The molecule has 6 heteroatoms. The van der Waals surface area contributed by atoms with Crippen molar-refractivity contribution in [3.63, 3.8) is 0 Å². The van der Waals surface area contributed by atoms with Gasteiger partial charge >= 0.3 is 5.97 Å². The smallest absolute Gasteiger partial charge is 0.335 e. The number of anilines is 1. The minimum atomic E-state index is -0.988. The maximum absolute atomic E-state index is 12.3. The third kappa shape index (κ3) is 4.60. The number of methoxy groups -OCH3 is 2. The molecule has 2 N–H and O–H groups in total. The molecular weight excluding hydrogens is 322 g/mol. The fraction of sp³-hybridized carbons (Fsp3) is 0.158. The molecule has 6 nitrogen and oxygen atoms in total. The van der Waals surface area contributed by atoms with E-state index >= 15 is 0 Å². The minimum Gasteiger partial charge on any atom is -0.493 e. The van der Waals surface area contributed by atoms with Gasteiger partial charge in [0.1, 0.15) is 0 Å². The predicted octanol–water partition coefficient (Wildman–Crippen LogP) is 3.44. The molecule has 2 aromatic rings. The first-order valence-electron chi connectivity index (χ1n) is 7.49. The van der Waals surface area contributed by atoms with Crippen molar-refractivity contribution < 1.29 is 24.2 Å². The lowest BCUT2D eigenvalue weighted by Gasteiger charge is -2.10. The van der Waals surface area contributed by atoms with Crippen molar-refractivity contribution in [1.29, 1.82) is 0 Å². The molecule has 0 aromatic heterocycles. The molecule has 130 valence electrons. The number of carboxylic acid groups (broad SMARTS) is 1. The summed E-state index contributed by atoms with van der Waals surface area (Å²) >= 11 is 0. The quantitative estimate of drug-likeness (QED) is 0.786.